The number of anilines is 1. The van der Waals surface area contributed by atoms with E-state index in [4.69, 9.17) is 27.9 Å². The summed E-state index contributed by atoms with van der Waals surface area (Å²) in [6, 6.07) is 13.7. The maximum atomic E-state index is 13.6. The molecule has 1 fully saturated rings. The van der Waals surface area contributed by atoms with Gasteiger partial charge in [0.05, 0.1) is 18.7 Å². The number of methoxy groups -OCH3 is 1. The van der Waals surface area contributed by atoms with Crippen molar-refractivity contribution >= 4 is 46.3 Å². The first kappa shape index (κ1) is 22.8. The Bertz CT molecular complexity index is 1280. The molecule has 1 atom stereocenters. The highest BCUT2D eigenvalue weighted by Gasteiger charge is 2.47. The van der Waals surface area contributed by atoms with Crippen molar-refractivity contribution in [3.8, 4) is 5.75 Å². The molecule has 1 heterocycles. The monoisotopic (exact) mass is 485 g/mol. The molecule has 1 N–H and O–H groups in total. The number of ketones is 1. The van der Waals surface area contributed by atoms with E-state index in [1.165, 1.54) is 54.5 Å². The van der Waals surface area contributed by atoms with Crippen LogP contribution in [0.5, 0.6) is 5.75 Å². The van der Waals surface area contributed by atoms with Gasteiger partial charge in [-0.25, -0.2) is 4.39 Å². The highest BCUT2D eigenvalue weighted by atomic mass is 35.5. The minimum absolute atomic E-state index is 0.132. The third-order valence-corrected chi connectivity index (χ3v) is 5.86. The Labute approximate surface area is 199 Å². The summed E-state index contributed by atoms with van der Waals surface area (Å²) in [7, 11) is 1.53. The van der Waals surface area contributed by atoms with Crippen LogP contribution in [0.2, 0.25) is 10.0 Å². The largest absolute Gasteiger partial charge is 0.507 e. The van der Waals surface area contributed by atoms with Crippen molar-refractivity contribution in [2.45, 2.75) is 13.0 Å². The second-order valence-electron chi connectivity index (χ2n) is 7.53. The number of aryl methyl sites for hydroxylation is 1. The maximum absolute atomic E-state index is 13.6. The highest BCUT2D eigenvalue weighted by Crippen LogP contribution is 2.43. The number of benzene rings is 3. The van der Waals surface area contributed by atoms with Gasteiger partial charge >= 0.3 is 0 Å². The molecule has 0 aliphatic carbocycles. The molecule has 0 radical (unpaired) electrons. The van der Waals surface area contributed by atoms with Crippen LogP contribution in [0.3, 0.4) is 0 Å². The normalized spacial score (nSPS) is 17.5. The average molecular weight is 486 g/mol. The third-order valence-electron chi connectivity index (χ3n) is 5.42. The molecule has 8 heteroatoms. The van der Waals surface area contributed by atoms with Gasteiger partial charge in [-0.15, -0.1) is 0 Å². The lowest BCUT2D eigenvalue weighted by Gasteiger charge is -2.26. The lowest BCUT2D eigenvalue weighted by Crippen LogP contribution is -2.29. The van der Waals surface area contributed by atoms with Crippen LogP contribution < -0.4 is 9.64 Å². The second kappa shape index (κ2) is 8.89. The SMILES string of the molecule is COc1ccc(/C(O)=C2\C(=O)C(=O)N(c3cc(Cl)cc(Cl)c3)C2c2ccc(F)cc2)cc1C. The van der Waals surface area contributed by atoms with Crippen molar-refractivity contribution in [3.05, 3.63) is 98.8 Å². The number of carbonyl (C=O) groups is 2. The lowest BCUT2D eigenvalue weighted by atomic mass is 9.94. The molecule has 0 saturated carbocycles. The molecule has 1 aliphatic heterocycles. The number of aliphatic hydroxyl groups excluding tert-OH is 1. The van der Waals surface area contributed by atoms with Gasteiger partial charge in [0.15, 0.2) is 0 Å². The van der Waals surface area contributed by atoms with Gasteiger partial charge in [-0.1, -0.05) is 35.3 Å². The van der Waals surface area contributed by atoms with Gasteiger partial charge in [0.1, 0.15) is 17.3 Å². The summed E-state index contributed by atoms with van der Waals surface area (Å²) < 4.78 is 18.9. The van der Waals surface area contributed by atoms with E-state index in [2.05, 4.69) is 0 Å². The zero-order chi connectivity index (χ0) is 23.9. The van der Waals surface area contributed by atoms with Gasteiger partial charge in [0, 0.05) is 21.3 Å². The van der Waals surface area contributed by atoms with Crippen molar-refractivity contribution in [1.82, 2.24) is 0 Å². The molecule has 0 spiro atoms. The van der Waals surface area contributed by atoms with Crippen LogP contribution in [0.25, 0.3) is 5.76 Å². The molecule has 3 aromatic carbocycles. The molecule has 1 amide bonds. The third kappa shape index (κ3) is 4.19. The van der Waals surface area contributed by atoms with Crippen molar-refractivity contribution < 1.29 is 23.8 Å². The van der Waals surface area contributed by atoms with E-state index in [1.54, 1.807) is 25.1 Å². The quantitative estimate of drug-likeness (QED) is 0.276. The number of hydrogen-bond donors (Lipinski definition) is 1. The predicted octanol–water partition coefficient (Wildman–Crippen LogP) is 6.08. The topological polar surface area (TPSA) is 66.8 Å². The van der Waals surface area contributed by atoms with Gasteiger partial charge in [-0.2, -0.15) is 0 Å². The Hall–Kier alpha value is -3.35. The summed E-state index contributed by atoms with van der Waals surface area (Å²) in [5.41, 5.74) is 1.64. The molecular formula is C25H18Cl2FNO4. The molecule has 0 bridgehead atoms. The van der Waals surface area contributed by atoms with E-state index in [1.807, 2.05) is 0 Å². The van der Waals surface area contributed by atoms with E-state index in [0.29, 0.717) is 16.9 Å². The fraction of sp³-hybridized carbons (Fsp3) is 0.120. The fourth-order valence-electron chi connectivity index (χ4n) is 3.92. The second-order valence-corrected chi connectivity index (χ2v) is 8.41. The zero-order valence-electron chi connectivity index (χ0n) is 17.6. The number of halogens is 3. The first-order chi connectivity index (χ1) is 15.7. The smallest absolute Gasteiger partial charge is 0.300 e. The van der Waals surface area contributed by atoms with Crippen LogP contribution in [-0.4, -0.2) is 23.9 Å². The number of carbonyl (C=O) groups excluding carboxylic acids is 2. The average Bonchev–Trinajstić information content (AvgIpc) is 3.03. The zero-order valence-corrected chi connectivity index (χ0v) is 19.1. The summed E-state index contributed by atoms with van der Waals surface area (Å²) in [5.74, 6) is -1.98. The molecule has 1 saturated heterocycles. The number of rotatable bonds is 4. The number of hydrogen-bond acceptors (Lipinski definition) is 4. The molecule has 168 valence electrons. The summed E-state index contributed by atoms with van der Waals surface area (Å²) >= 11 is 12.3. The molecule has 1 unspecified atom stereocenters. The molecule has 33 heavy (non-hydrogen) atoms. The molecule has 1 aliphatic rings. The molecule has 0 aromatic heterocycles. The van der Waals surface area contributed by atoms with E-state index in [9.17, 15) is 19.1 Å². The van der Waals surface area contributed by atoms with Crippen LogP contribution in [0.1, 0.15) is 22.7 Å². The van der Waals surface area contributed by atoms with E-state index in [-0.39, 0.29) is 27.1 Å². The Morgan fingerprint density at radius 1 is 1.00 bits per heavy atom. The van der Waals surface area contributed by atoms with Gasteiger partial charge in [0.2, 0.25) is 0 Å². The van der Waals surface area contributed by atoms with E-state index in [0.717, 1.165) is 5.56 Å². The van der Waals surface area contributed by atoms with Crippen molar-refractivity contribution in [2.24, 2.45) is 0 Å². The van der Waals surface area contributed by atoms with Crippen molar-refractivity contribution in [3.63, 3.8) is 0 Å². The van der Waals surface area contributed by atoms with Gasteiger partial charge in [-0.3, -0.25) is 14.5 Å². The number of aliphatic hydroxyl groups is 1. The van der Waals surface area contributed by atoms with E-state index < -0.39 is 23.5 Å². The first-order valence-electron chi connectivity index (χ1n) is 9.89. The minimum atomic E-state index is -1.03. The molecule has 5 nitrogen and oxygen atoms in total. The number of amides is 1. The number of Topliss-reactive ketones (excluding diaryl/α,β-unsaturated/α-hetero) is 1. The Balaban J connectivity index is 1.96. The van der Waals surface area contributed by atoms with Crippen molar-refractivity contribution in [1.29, 1.82) is 0 Å². The van der Waals surface area contributed by atoms with Gasteiger partial charge in [-0.05, 0) is 66.6 Å². The van der Waals surface area contributed by atoms with Crippen LogP contribution in [0.15, 0.2) is 66.2 Å². The van der Waals surface area contributed by atoms with E-state index >= 15 is 0 Å². The first-order valence-corrected chi connectivity index (χ1v) is 10.6. The van der Waals surface area contributed by atoms with Crippen molar-refractivity contribution in [2.75, 3.05) is 12.0 Å². The standard InChI is InChI=1S/C25H18Cl2FNO4/c1-13-9-15(5-8-20(13)33-2)23(30)21-22(14-3-6-18(28)7-4-14)29(25(32)24(21)31)19-11-16(26)10-17(27)12-19/h3-12,22,30H,1-2H3/b23-21+. The van der Waals surface area contributed by atoms with Crippen LogP contribution in [0.4, 0.5) is 10.1 Å². The van der Waals surface area contributed by atoms with Crippen LogP contribution >= 0.6 is 23.2 Å². The number of nitrogens with zero attached hydrogens (tertiary/aromatic N) is 1. The Kier molecular flexibility index (Phi) is 6.15. The Morgan fingerprint density at radius 3 is 2.21 bits per heavy atom. The number of ether oxygens (including phenoxy) is 1. The minimum Gasteiger partial charge on any atom is -0.507 e. The van der Waals surface area contributed by atoms with Crippen LogP contribution in [0, 0.1) is 12.7 Å². The summed E-state index contributed by atoms with van der Waals surface area (Å²) in [4.78, 5) is 27.5. The molecular weight excluding hydrogens is 468 g/mol. The van der Waals surface area contributed by atoms with Gasteiger partial charge in [0.25, 0.3) is 11.7 Å². The Morgan fingerprint density at radius 2 is 1.64 bits per heavy atom. The predicted molar refractivity (Wildman–Crippen MR) is 125 cm³/mol. The molecule has 4 rings (SSSR count). The summed E-state index contributed by atoms with van der Waals surface area (Å²) in [6.45, 7) is 1.79. The molecule has 3 aromatic rings. The highest BCUT2D eigenvalue weighted by molar-refractivity contribution is 6.52. The summed E-state index contributed by atoms with van der Waals surface area (Å²) in [5, 5.41) is 11.7. The maximum Gasteiger partial charge on any atom is 0.300 e. The lowest BCUT2D eigenvalue weighted by molar-refractivity contribution is -0.132. The van der Waals surface area contributed by atoms with Crippen LogP contribution in [-0.2, 0) is 9.59 Å². The van der Waals surface area contributed by atoms with Gasteiger partial charge < -0.3 is 9.84 Å². The summed E-state index contributed by atoms with van der Waals surface area (Å²) in [6.07, 6.45) is 0. The fourth-order valence-corrected chi connectivity index (χ4v) is 4.43.